The number of carbonyl (C=O) groups excluding carboxylic acids is 3. The van der Waals surface area contributed by atoms with Gasteiger partial charge < -0.3 is 26.2 Å². The molecule has 0 saturated heterocycles. The van der Waals surface area contributed by atoms with Crippen molar-refractivity contribution in [2.75, 3.05) is 0 Å². The maximum absolute atomic E-state index is 12.5. The summed E-state index contributed by atoms with van der Waals surface area (Å²) in [5.74, 6) is -1.18. The van der Waals surface area contributed by atoms with Gasteiger partial charge in [-0.15, -0.1) is 0 Å². The Hall–Kier alpha value is -3.55. The molecule has 0 heterocycles. The summed E-state index contributed by atoms with van der Waals surface area (Å²) in [5.41, 5.74) is 6.68. The van der Waals surface area contributed by atoms with Crippen molar-refractivity contribution in [1.29, 1.82) is 0 Å². The molecule has 0 aliphatic heterocycles. The SMILES string of the molecule is C[C@H](NC(=O)[C@H](Cc1ccc(O)cc1)NC(=O)OCc1ccccc1)C(N)=O. The monoisotopic (exact) mass is 385 g/mol. The van der Waals surface area contributed by atoms with Crippen LogP contribution in [0, 0.1) is 0 Å². The maximum atomic E-state index is 12.5. The number of ether oxygens (including phenoxy) is 1. The van der Waals surface area contributed by atoms with E-state index in [1.54, 1.807) is 12.1 Å². The first-order chi connectivity index (χ1) is 13.3. The van der Waals surface area contributed by atoms with Gasteiger partial charge in [0.2, 0.25) is 11.8 Å². The number of alkyl carbamates (subject to hydrolysis) is 1. The summed E-state index contributed by atoms with van der Waals surface area (Å²) in [4.78, 5) is 35.9. The molecule has 0 aromatic heterocycles. The van der Waals surface area contributed by atoms with Crippen LogP contribution >= 0.6 is 0 Å². The van der Waals surface area contributed by atoms with Gasteiger partial charge in [-0.05, 0) is 30.2 Å². The van der Waals surface area contributed by atoms with Gasteiger partial charge in [0.25, 0.3) is 0 Å². The van der Waals surface area contributed by atoms with Gasteiger partial charge in [-0.3, -0.25) is 9.59 Å². The van der Waals surface area contributed by atoms with Crippen molar-refractivity contribution < 1.29 is 24.2 Å². The number of hydrogen-bond acceptors (Lipinski definition) is 5. The maximum Gasteiger partial charge on any atom is 0.408 e. The van der Waals surface area contributed by atoms with Crippen LogP contribution in [0.2, 0.25) is 0 Å². The Morgan fingerprint density at radius 2 is 1.64 bits per heavy atom. The second-order valence-corrected chi connectivity index (χ2v) is 6.26. The normalized spacial score (nSPS) is 12.5. The third-order valence-corrected chi connectivity index (χ3v) is 3.98. The van der Waals surface area contributed by atoms with E-state index in [4.69, 9.17) is 10.5 Å². The molecule has 0 aliphatic rings. The van der Waals surface area contributed by atoms with Gasteiger partial charge in [0.15, 0.2) is 0 Å². The number of rotatable bonds is 8. The molecule has 148 valence electrons. The number of phenolic OH excluding ortho intramolecular Hbond substituents is 1. The van der Waals surface area contributed by atoms with E-state index in [2.05, 4.69) is 10.6 Å². The average Bonchev–Trinajstić information content (AvgIpc) is 2.68. The van der Waals surface area contributed by atoms with E-state index in [-0.39, 0.29) is 18.8 Å². The first kappa shape index (κ1) is 20.8. The largest absolute Gasteiger partial charge is 0.508 e. The number of carbonyl (C=O) groups is 3. The lowest BCUT2D eigenvalue weighted by Gasteiger charge is -2.20. The van der Waals surface area contributed by atoms with Crippen molar-refractivity contribution >= 4 is 17.9 Å². The van der Waals surface area contributed by atoms with Crippen LogP contribution in [-0.2, 0) is 27.4 Å². The lowest BCUT2D eigenvalue weighted by atomic mass is 10.0. The molecule has 0 radical (unpaired) electrons. The summed E-state index contributed by atoms with van der Waals surface area (Å²) in [5, 5.41) is 14.3. The molecular weight excluding hydrogens is 362 g/mol. The molecule has 0 aliphatic carbocycles. The lowest BCUT2D eigenvalue weighted by Crippen LogP contribution is -2.52. The van der Waals surface area contributed by atoms with E-state index in [1.165, 1.54) is 19.1 Å². The van der Waals surface area contributed by atoms with Crippen LogP contribution in [0.15, 0.2) is 54.6 Å². The number of nitrogens with one attached hydrogen (secondary N) is 2. The van der Waals surface area contributed by atoms with Crippen LogP contribution in [0.3, 0.4) is 0 Å². The summed E-state index contributed by atoms with van der Waals surface area (Å²) >= 11 is 0. The Bertz CT molecular complexity index is 808. The van der Waals surface area contributed by atoms with Crippen molar-refractivity contribution in [1.82, 2.24) is 10.6 Å². The molecule has 2 atom stereocenters. The molecule has 5 N–H and O–H groups in total. The van der Waals surface area contributed by atoms with Crippen molar-refractivity contribution in [3.63, 3.8) is 0 Å². The Balaban J connectivity index is 2.03. The zero-order chi connectivity index (χ0) is 20.5. The predicted octanol–water partition coefficient (Wildman–Crippen LogP) is 1.22. The van der Waals surface area contributed by atoms with Gasteiger partial charge in [-0.25, -0.2) is 4.79 Å². The molecule has 0 saturated carbocycles. The number of benzene rings is 2. The Morgan fingerprint density at radius 3 is 2.25 bits per heavy atom. The highest BCUT2D eigenvalue weighted by Gasteiger charge is 2.24. The Morgan fingerprint density at radius 1 is 1.00 bits per heavy atom. The second-order valence-electron chi connectivity index (χ2n) is 6.26. The van der Waals surface area contributed by atoms with Crippen molar-refractivity contribution in [2.45, 2.75) is 32.0 Å². The van der Waals surface area contributed by atoms with Crippen molar-refractivity contribution in [2.24, 2.45) is 5.73 Å². The van der Waals surface area contributed by atoms with Crippen LogP contribution in [0.4, 0.5) is 4.79 Å². The van der Waals surface area contributed by atoms with Crippen LogP contribution in [-0.4, -0.2) is 35.1 Å². The third kappa shape index (κ3) is 6.64. The topological polar surface area (TPSA) is 131 Å². The minimum atomic E-state index is -0.991. The van der Waals surface area contributed by atoms with Crippen LogP contribution in [0.5, 0.6) is 5.75 Å². The molecule has 2 rings (SSSR count). The first-order valence-electron chi connectivity index (χ1n) is 8.70. The minimum absolute atomic E-state index is 0.0535. The van der Waals surface area contributed by atoms with Gasteiger partial charge in [0, 0.05) is 6.42 Å². The van der Waals surface area contributed by atoms with E-state index < -0.39 is 30.0 Å². The van der Waals surface area contributed by atoms with E-state index in [1.807, 2.05) is 30.3 Å². The van der Waals surface area contributed by atoms with E-state index in [0.717, 1.165) is 5.56 Å². The fourth-order valence-electron chi connectivity index (χ4n) is 2.37. The molecule has 2 aromatic carbocycles. The smallest absolute Gasteiger partial charge is 0.408 e. The Labute approximate surface area is 162 Å². The van der Waals surface area contributed by atoms with Gasteiger partial charge in [0.05, 0.1) is 0 Å². The summed E-state index contributed by atoms with van der Waals surface area (Å²) in [6, 6.07) is 13.4. The number of hydrogen-bond donors (Lipinski definition) is 4. The average molecular weight is 385 g/mol. The summed E-state index contributed by atoms with van der Waals surface area (Å²) in [6.07, 6.45) is -0.632. The molecule has 3 amide bonds. The highest BCUT2D eigenvalue weighted by atomic mass is 16.5. The van der Waals surface area contributed by atoms with Crippen molar-refractivity contribution in [3.8, 4) is 5.75 Å². The van der Waals surface area contributed by atoms with E-state index >= 15 is 0 Å². The van der Waals surface area contributed by atoms with Gasteiger partial charge in [-0.2, -0.15) is 0 Å². The van der Waals surface area contributed by atoms with E-state index in [9.17, 15) is 19.5 Å². The number of phenols is 1. The molecule has 0 bridgehead atoms. The fourth-order valence-corrected chi connectivity index (χ4v) is 2.37. The standard InChI is InChI=1S/C20H23N3O5/c1-13(18(21)25)22-19(26)17(11-14-7-9-16(24)10-8-14)23-20(27)28-12-15-5-3-2-4-6-15/h2-10,13,17,24H,11-12H2,1H3,(H2,21,25)(H,22,26)(H,23,27)/t13-,17-/m0/s1. The van der Waals surface area contributed by atoms with Gasteiger partial charge in [0.1, 0.15) is 24.4 Å². The van der Waals surface area contributed by atoms with Crippen LogP contribution < -0.4 is 16.4 Å². The summed E-state index contributed by atoms with van der Waals surface area (Å²) < 4.78 is 5.16. The molecule has 0 spiro atoms. The Kier molecular flexibility index (Phi) is 7.38. The van der Waals surface area contributed by atoms with Gasteiger partial charge >= 0.3 is 6.09 Å². The van der Waals surface area contributed by atoms with Crippen LogP contribution in [0.1, 0.15) is 18.1 Å². The molecule has 2 aromatic rings. The minimum Gasteiger partial charge on any atom is -0.508 e. The number of amides is 3. The fraction of sp³-hybridized carbons (Fsp3) is 0.250. The highest BCUT2D eigenvalue weighted by Crippen LogP contribution is 2.12. The van der Waals surface area contributed by atoms with Crippen molar-refractivity contribution in [3.05, 3.63) is 65.7 Å². The van der Waals surface area contributed by atoms with E-state index in [0.29, 0.717) is 5.56 Å². The summed E-state index contributed by atoms with van der Waals surface area (Å²) in [7, 11) is 0. The quantitative estimate of drug-likeness (QED) is 0.543. The molecule has 0 fully saturated rings. The first-order valence-corrected chi connectivity index (χ1v) is 8.70. The number of aromatic hydroxyl groups is 1. The van der Waals surface area contributed by atoms with Crippen LogP contribution in [0.25, 0.3) is 0 Å². The summed E-state index contributed by atoms with van der Waals surface area (Å²) in [6.45, 7) is 1.50. The molecule has 8 nitrogen and oxygen atoms in total. The second kappa shape index (κ2) is 9.96. The molecular formula is C20H23N3O5. The highest BCUT2D eigenvalue weighted by molar-refractivity contribution is 5.90. The molecule has 8 heteroatoms. The zero-order valence-corrected chi connectivity index (χ0v) is 15.4. The third-order valence-electron chi connectivity index (χ3n) is 3.98. The molecule has 28 heavy (non-hydrogen) atoms. The zero-order valence-electron chi connectivity index (χ0n) is 15.4. The number of primary amides is 1. The lowest BCUT2D eigenvalue weighted by molar-refractivity contribution is -0.128. The van der Waals surface area contributed by atoms with Gasteiger partial charge in [-0.1, -0.05) is 42.5 Å². The molecule has 0 unspecified atom stereocenters. The predicted molar refractivity (Wildman–Crippen MR) is 102 cm³/mol. The number of nitrogens with two attached hydrogens (primary N) is 1.